The van der Waals surface area contributed by atoms with E-state index in [0.717, 1.165) is 12.1 Å². The Bertz CT molecular complexity index is 536. The van der Waals surface area contributed by atoms with Gasteiger partial charge < -0.3 is 10.4 Å². The van der Waals surface area contributed by atoms with Gasteiger partial charge in [0.1, 0.15) is 0 Å². The number of hydrogen-bond acceptors (Lipinski definition) is 2. The van der Waals surface area contributed by atoms with Crippen LogP contribution in [0, 0.1) is 6.92 Å². The van der Waals surface area contributed by atoms with Crippen molar-refractivity contribution in [2.45, 2.75) is 13.1 Å². The first kappa shape index (κ1) is 14.7. The summed E-state index contributed by atoms with van der Waals surface area (Å²) in [7, 11) is 0. The standard InChI is InChI=1S/C12H10F3NO3/c1-7-2-3-8(6-9(7)12(13,14)15)16-10(17)4-5-11(18)19/h2-6H,1H3,(H,16,17)(H,18,19). The molecule has 0 aliphatic heterocycles. The Morgan fingerprint density at radius 2 is 1.89 bits per heavy atom. The number of nitrogens with one attached hydrogen (secondary N) is 1. The molecule has 0 aromatic heterocycles. The van der Waals surface area contributed by atoms with E-state index in [1.165, 1.54) is 19.1 Å². The van der Waals surface area contributed by atoms with Gasteiger partial charge in [-0.2, -0.15) is 13.2 Å². The lowest BCUT2D eigenvalue weighted by molar-refractivity contribution is -0.138. The molecule has 0 saturated heterocycles. The van der Waals surface area contributed by atoms with Gasteiger partial charge in [0, 0.05) is 17.8 Å². The Labute approximate surface area is 106 Å². The fourth-order valence-corrected chi connectivity index (χ4v) is 1.34. The highest BCUT2D eigenvalue weighted by atomic mass is 19.4. The zero-order valence-electron chi connectivity index (χ0n) is 9.78. The summed E-state index contributed by atoms with van der Waals surface area (Å²) < 4.78 is 37.8. The second-order valence-electron chi connectivity index (χ2n) is 3.69. The molecule has 0 unspecified atom stereocenters. The minimum Gasteiger partial charge on any atom is -0.478 e. The Morgan fingerprint density at radius 3 is 2.42 bits per heavy atom. The van der Waals surface area contributed by atoms with Crippen LogP contribution in [0.1, 0.15) is 11.1 Å². The Morgan fingerprint density at radius 1 is 1.26 bits per heavy atom. The van der Waals surface area contributed by atoms with Crippen molar-refractivity contribution in [3.63, 3.8) is 0 Å². The molecule has 102 valence electrons. The molecule has 1 aromatic carbocycles. The highest BCUT2D eigenvalue weighted by Gasteiger charge is 2.32. The van der Waals surface area contributed by atoms with E-state index < -0.39 is 23.6 Å². The lowest BCUT2D eigenvalue weighted by atomic mass is 10.1. The van der Waals surface area contributed by atoms with Crippen LogP contribution < -0.4 is 5.32 Å². The maximum absolute atomic E-state index is 12.6. The molecule has 1 amide bonds. The smallest absolute Gasteiger partial charge is 0.416 e. The topological polar surface area (TPSA) is 66.4 Å². The summed E-state index contributed by atoms with van der Waals surface area (Å²) in [6, 6.07) is 3.32. The van der Waals surface area contributed by atoms with Crippen molar-refractivity contribution in [1.29, 1.82) is 0 Å². The van der Waals surface area contributed by atoms with Crippen LogP contribution >= 0.6 is 0 Å². The molecule has 0 atom stereocenters. The second kappa shape index (κ2) is 5.55. The first-order valence-corrected chi connectivity index (χ1v) is 5.10. The Balaban J connectivity index is 2.92. The van der Waals surface area contributed by atoms with E-state index in [1.807, 2.05) is 0 Å². The normalized spacial score (nSPS) is 11.6. The lowest BCUT2D eigenvalue weighted by Crippen LogP contribution is -2.12. The number of carbonyl (C=O) groups excluding carboxylic acids is 1. The number of alkyl halides is 3. The van der Waals surface area contributed by atoms with E-state index in [-0.39, 0.29) is 11.3 Å². The molecule has 0 saturated carbocycles. The van der Waals surface area contributed by atoms with E-state index in [9.17, 15) is 22.8 Å². The van der Waals surface area contributed by atoms with Gasteiger partial charge in [-0.05, 0) is 24.6 Å². The van der Waals surface area contributed by atoms with Crippen LogP contribution in [-0.4, -0.2) is 17.0 Å². The molecule has 1 rings (SSSR count). The van der Waals surface area contributed by atoms with Crippen LogP contribution in [0.5, 0.6) is 0 Å². The molecule has 0 fully saturated rings. The molecule has 0 aliphatic carbocycles. The predicted molar refractivity (Wildman–Crippen MR) is 61.6 cm³/mol. The van der Waals surface area contributed by atoms with Crippen molar-refractivity contribution in [2.24, 2.45) is 0 Å². The molecule has 19 heavy (non-hydrogen) atoms. The highest BCUT2D eigenvalue weighted by Crippen LogP contribution is 2.33. The van der Waals surface area contributed by atoms with Crippen LogP contribution in [0.25, 0.3) is 0 Å². The van der Waals surface area contributed by atoms with Gasteiger partial charge in [0.05, 0.1) is 5.56 Å². The monoisotopic (exact) mass is 273 g/mol. The van der Waals surface area contributed by atoms with Crippen molar-refractivity contribution in [1.82, 2.24) is 0 Å². The molecular formula is C12H10F3NO3. The van der Waals surface area contributed by atoms with Crippen LogP contribution in [-0.2, 0) is 15.8 Å². The van der Waals surface area contributed by atoms with Crippen LogP contribution in [0.3, 0.4) is 0 Å². The zero-order chi connectivity index (χ0) is 14.6. The van der Waals surface area contributed by atoms with Gasteiger partial charge in [-0.15, -0.1) is 0 Å². The maximum Gasteiger partial charge on any atom is 0.416 e. The first-order chi connectivity index (χ1) is 8.70. The van der Waals surface area contributed by atoms with Crippen molar-refractivity contribution in [3.05, 3.63) is 41.5 Å². The van der Waals surface area contributed by atoms with E-state index in [4.69, 9.17) is 5.11 Å². The van der Waals surface area contributed by atoms with Crippen LogP contribution in [0.4, 0.5) is 18.9 Å². The number of anilines is 1. The number of aryl methyl sites for hydroxylation is 1. The summed E-state index contributed by atoms with van der Waals surface area (Å²) in [5.74, 6) is -2.14. The summed E-state index contributed by atoms with van der Waals surface area (Å²) in [5.41, 5.74) is -0.878. The van der Waals surface area contributed by atoms with E-state index >= 15 is 0 Å². The van der Waals surface area contributed by atoms with Gasteiger partial charge in [0.2, 0.25) is 5.91 Å². The third-order valence-corrected chi connectivity index (χ3v) is 2.19. The number of carboxylic acid groups (broad SMARTS) is 1. The lowest BCUT2D eigenvalue weighted by Gasteiger charge is -2.12. The minimum atomic E-state index is -4.51. The molecule has 4 nitrogen and oxygen atoms in total. The van der Waals surface area contributed by atoms with Gasteiger partial charge >= 0.3 is 12.1 Å². The molecule has 0 radical (unpaired) electrons. The number of aliphatic carboxylic acids is 1. The number of benzene rings is 1. The van der Waals surface area contributed by atoms with Crippen molar-refractivity contribution >= 4 is 17.6 Å². The predicted octanol–water partition coefficient (Wildman–Crippen LogP) is 2.59. The fourth-order valence-electron chi connectivity index (χ4n) is 1.34. The number of carboxylic acids is 1. The van der Waals surface area contributed by atoms with Gasteiger partial charge in [0.15, 0.2) is 0 Å². The number of halogens is 3. The number of carbonyl (C=O) groups is 2. The van der Waals surface area contributed by atoms with Gasteiger partial charge in [0.25, 0.3) is 0 Å². The van der Waals surface area contributed by atoms with Gasteiger partial charge in [-0.3, -0.25) is 4.79 Å². The summed E-state index contributed by atoms with van der Waals surface area (Å²) >= 11 is 0. The highest BCUT2D eigenvalue weighted by molar-refractivity contribution is 6.02. The number of rotatable bonds is 3. The quantitative estimate of drug-likeness (QED) is 0.832. The van der Waals surface area contributed by atoms with Crippen molar-refractivity contribution in [3.8, 4) is 0 Å². The SMILES string of the molecule is Cc1ccc(NC(=O)C=CC(=O)O)cc1C(F)(F)F. The summed E-state index contributed by atoms with van der Waals surface area (Å²) in [6.07, 6.45) is -3.20. The van der Waals surface area contributed by atoms with E-state index in [1.54, 1.807) is 0 Å². The number of hydrogen-bond donors (Lipinski definition) is 2. The van der Waals surface area contributed by atoms with Crippen molar-refractivity contribution in [2.75, 3.05) is 5.32 Å². The molecule has 0 bridgehead atoms. The summed E-state index contributed by atoms with van der Waals surface area (Å²) in [6.45, 7) is 1.30. The third-order valence-electron chi connectivity index (χ3n) is 2.19. The molecule has 7 heteroatoms. The van der Waals surface area contributed by atoms with Gasteiger partial charge in [-0.25, -0.2) is 4.79 Å². The third kappa shape index (κ3) is 4.46. The zero-order valence-corrected chi connectivity index (χ0v) is 9.78. The van der Waals surface area contributed by atoms with E-state index in [0.29, 0.717) is 6.08 Å². The molecule has 0 heterocycles. The molecule has 2 N–H and O–H groups in total. The minimum absolute atomic E-state index is 0.0339. The molecule has 0 aliphatic rings. The summed E-state index contributed by atoms with van der Waals surface area (Å²) in [5, 5.41) is 10.4. The van der Waals surface area contributed by atoms with Crippen LogP contribution in [0.2, 0.25) is 0 Å². The second-order valence-corrected chi connectivity index (χ2v) is 3.69. The van der Waals surface area contributed by atoms with Crippen molar-refractivity contribution < 1.29 is 27.9 Å². The Hall–Kier alpha value is -2.31. The Kier molecular flexibility index (Phi) is 4.31. The summed E-state index contributed by atoms with van der Waals surface area (Å²) in [4.78, 5) is 21.4. The van der Waals surface area contributed by atoms with E-state index in [2.05, 4.69) is 5.32 Å². The molecular weight excluding hydrogens is 263 g/mol. The maximum atomic E-state index is 12.6. The molecule has 0 spiro atoms. The van der Waals surface area contributed by atoms with Crippen LogP contribution in [0.15, 0.2) is 30.4 Å². The van der Waals surface area contributed by atoms with Gasteiger partial charge in [-0.1, -0.05) is 6.07 Å². The molecule has 1 aromatic rings. The largest absolute Gasteiger partial charge is 0.478 e. The average molecular weight is 273 g/mol. The number of amides is 1. The average Bonchev–Trinajstić information content (AvgIpc) is 2.27. The fraction of sp³-hybridized carbons (Fsp3) is 0.167. The first-order valence-electron chi connectivity index (χ1n) is 5.10.